The first kappa shape index (κ1) is 17.0. The summed E-state index contributed by atoms with van der Waals surface area (Å²) in [5.74, 6) is 0.417. The quantitative estimate of drug-likeness (QED) is 0.488. The molecule has 134 valence electrons. The molecule has 6 nitrogen and oxygen atoms in total. The number of aliphatic imine (C=N–C) groups is 2. The number of aromatic hydroxyl groups is 2. The molecule has 0 saturated carbocycles. The van der Waals surface area contributed by atoms with Crippen LogP contribution in [-0.2, 0) is 10.6 Å². The van der Waals surface area contributed by atoms with Crippen molar-refractivity contribution in [1.29, 1.82) is 0 Å². The largest absolute Gasteiger partial charge is 0.508 e. The fourth-order valence-corrected chi connectivity index (χ4v) is 3.07. The van der Waals surface area contributed by atoms with Gasteiger partial charge in [-0.05, 0) is 24.3 Å². The van der Waals surface area contributed by atoms with Crippen LogP contribution in [-0.4, -0.2) is 27.0 Å². The summed E-state index contributed by atoms with van der Waals surface area (Å²) in [6.45, 7) is 0. The normalized spacial score (nSPS) is 18.9. The fourth-order valence-electron chi connectivity index (χ4n) is 3.07. The van der Waals surface area contributed by atoms with E-state index in [9.17, 15) is 15.5 Å². The second-order valence-corrected chi connectivity index (χ2v) is 6.10. The Morgan fingerprint density at radius 1 is 0.741 bits per heavy atom. The minimum absolute atomic E-state index is 0.00236. The molecule has 1 atom stereocenters. The Morgan fingerprint density at radius 2 is 1.41 bits per heavy atom. The first-order valence-corrected chi connectivity index (χ1v) is 8.28. The number of phenolic OH excluding ortho intramolecular Hbond substituents is 2. The van der Waals surface area contributed by atoms with Crippen LogP contribution < -0.4 is 0 Å². The maximum absolute atomic E-state index is 9.90. The van der Waals surface area contributed by atoms with Crippen LogP contribution in [0.2, 0.25) is 0 Å². The molecule has 27 heavy (non-hydrogen) atoms. The zero-order valence-corrected chi connectivity index (χ0v) is 14.1. The number of hydrogen-bond donors (Lipinski definition) is 3. The van der Waals surface area contributed by atoms with Gasteiger partial charge in [0.25, 0.3) is 5.72 Å². The van der Waals surface area contributed by atoms with E-state index in [1.807, 2.05) is 30.3 Å². The molecule has 6 heteroatoms. The van der Waals surface area contributed by atoms with E-state index >= 15 is 0 Å². The molecule has 0 radical (unpaired) electrons. The van der Waals surface area contributed by atoms with Gasteiger partial charge in [0, 0.05) is 16.7 Å². The Balaban J connectivity index is 1.95. The number of phenols is 2. The molecule has 0 amide bonds. The third-order valence-electron chi connectivity index (χ3n) is 4.32. The average molecular weight is 360 g/mol. The molecule has 0 aliphatic carbocycles. The Hall–Kier alpha value is -3.48. The van der Waals surface area contributed by atoms with Crippen molar-refractivity contribution in [3.63, 3.8) is 0 Å². The van der Waals surface area contributed by atoms with Crippen LogP contribution in [0, 0.1) is 0 Å². The van der Waals surface area contributed by atoms with Gasteiger partial charge in [0.15, 0.2) is 5.84 Å². The predicted octanol–water partition coefficient (Wildman–Crippen LogP) is 3.69. The van der Waals surface area contributed by atoms with E-state index in [1.54, 1.807) is 24.3 Å². The van der Waals surface area contributed by atoms with Gasteiger partial charge >= 0.3 is 0 Å². The maximum Gasteiger partial charge on any atom is 0.263 e. The summed E-state index contributed by atoms with van der Waals surface area (Å²) in [4.78, 5) is 14.0. The number of hydrogen-bond acceptors (Lipinski definition) is 6. The van der Waals surface area contributed by atoms with Gasteiger partial charge in [0.05, 0.1) is 0 Å². The molecule has 3 aromatic rings. The summed E-state index contributed by atoms with van der Waals surface area (Å²) in [5, 5.41) is 29.7. The highest BCUT2D eigenvalue weighted by Gasteiger charge is 2.45. The standard InChI is InChI=1S/C21H16N2O4/c24-17-10-4-8-15(12-17)19-21(27-26,16-9-5-11-18(25)13-16)23-20(22-19)14-6-2-1-3-7-14/h1-13,24-26H. The lowest BCUT2D eigenvalue weighted by Crippen LogP contribution is -2.34. The average Bonchev–Trinajstić information content (AvgIpc) is 3.10. The second kappa shape index (κ2) is 6.68. The lowest BCUT2D eigenvalue weighted by Gasteiger charge is -2.25. The zero-order valence-electron chi connectivity index (χ0n) is 14.1. The molecular formula is C21H16N2O4. The molecule has 0 fully saturated rings. The van der Waals surface area contributed by atoms with E-state index in [1.165, 1.54) is 24.3 Å². The van der Waals surface area contributed by atoms with Gasteiger partial charge in [0.1, 0.15) is 17.2 Å². The third kappa shape index (κ3) is 2.97. The van der Waals surface area contributed by atoms with Crippen molar-refractivity contribution >= 4 is 11.5 Å². The summed E-state index contributed by atoms with van der Waals surface area (Å²) >= 11 is 0. The molecule has 1 heterocycles. The molecule has 0 aromatic heterocycles. The molecule has 0 saturated heterocycles. The molecule has 3 aromatic carbocycles. The molecule has 1 aliphatic heterocycles. The number of nitrogens with zero attached hydrogens (tertiary/aromatic N) is 2. The smallest absolute Gasteiger partial charge is 0.263 e. The number of amidine groups is 1. The summed E-state index contributed by atoms with van der Waals surface area (Å²) < 4.78 is 0. The number of benzene rings is 3. The fraction of sp³-hybridized carbons (Fsp3) is 0.0476. The minimum atomic E-state index is -1.67. The monoisotopic (exact) mass is 360 g/mol. The topological polar surface area (TPSA) is 94.6 Å². The van der Waals surface area contributed by atoms with Crippen molar-refractivity contribution < 1.29 is 20.4 Å². The highest BCUT2D eigenvalue weighted by Crippen LogP contribution is 2.38. The van der Waals surface area contributed by atoms with Crippen molar-refractivity contribution in [3.05, 3.63) is 95.6 Å². The van der Waals surface area contributed by atoms with Crippen LogP contribution in [0.15, 0.2) is 88.8 Å². The van der Waals surface area contributed by atoms with Crippen LogP contribution in [0.1, 0.15) is 16.7 Å². The zero-order chi connectivity index (χ0) is 18.9. The van der Waals surface area contributed by atoms with E-state index in [-0.39, 0.29) is 11.5 Å². The Bertz CT molecular complexity index is 1050. The first-order valence-electron chi connectivity index (χ1n) is 8.28. The lowest BCUT2D eigenvalue weighted by molar-refractivity contribution is -0.302. The maximum atomic E-state index is 9.90. The minimum Gasteiger partial charge on any atom is -0.508 e. The lowest BCUT2D eigenvalue weighted by atomic mass is 9.93. The molecule has 0 spiro atoms. The first-order chi connectivity index (χ1) is 13.1. The molecule has 1 unspecified atom stereocenters. The Morgan fingerprint density at radius 3 is 2.07 bits per heavy atom. The summed E-state index contributed by atoms with van der Waals surface area (Å²) in [6.07, 6.45) is 0. The Kier molecular flexibility index (Phi) is 4.19. The predicted molar refractivity (Wildman–Crippen MR) is 101 cm³/mol. The highest BCUT2D eigenvalue weighted by atomic mass is 17.1. The summed E-state index contributed by atoms with van der Waals surface area (Å²) in [6, 6.07) is 22.0. The van der Waals surface area contributed by atoms with Crippen molar-refractivity contribution in [2.24, 2.45) is 9.98 Å². The van der Waals surface area contributed by atoms with Gasteiger partial charge in [-0.2, -0.15) is 4.89 Å². The van der Waals surface area contributed by atoms with Gasteiger partial charge in [0.2, 0.25) is 0 Å². The Labute approximate surface area is 155 Å². The van der Waals surface area contributed by atoms with Gasteiger partial charge in [-0.3, -0.25) is 0 Å². The van der Waals surface area contributed by atoms with Gasteiger partial charge in [-0.1, -0.05) is 54.6 Å². The van der Waals surface area contributed by atoms with Crippen molar-refractivity contribution in [2.75, 3.05) is 0 Å². The van der Waals surface area contributed by atoms with E-state index in [2.05, 4.69) is 9.98 Å². The molecule has 1 aliphatic rings. The van der Waals surface area contributed by atoms with Crippen LogP contribution >= 0.6 is 0 Å². The van der Waals surface area contributed by atoms with Crippen molar-refractivity contribution in [3.8, 4) is 11.5 Å². The van der Waals surface area contributed by atoms with Gasteiger partial charge < -0.3 is 10.2 Å². The van der Waals surface area contributed by atoms with Crippen LogP contribution in [0.3, 0.4) is 0 Å². The second-order valence-electron chi connectivity index (χ2n) is 6.10. The summed E-state index contributed by atoms with van der Waals surface area (Å²) in [7, 11) is 0. The van der Waals surface area contributed by atoms with Gasteiger partial charge in [-0.25, -0.2) is 15.2 Å². The van der Waals surface area contributed by atoms with Gasteiger partial charge in [-0.15, -0.1) is 0 Å². The van der Waals surface area contributed by atoms with Crippen LogP contribution in [0.4, 0.5) is 0 Å². The van der Waals surface area contributed by atoms with Crippen molar-refractivity contribution in [2.45, 2.75) is 5.72 Å². The highest BCUT2D eigenvalue weighted by molar-refractivity contribution is 6.20. The van der Waals surface area contributed by atoms with E-state index in [0.717, 1.165) is 5.56 Å². The SMILES string of the molecule is OOC1(c2cccc(O)c2)N=C(c2ccccc2)N=C1c1cccc(O)c1. The van der Waals surface area contributed by atoms with Crippen LogP contribution in [0.25, 0.3) is 0 Å². The summed E-state index contributed by atoms with van der Waals surface area (Å²) in [5.41, 5.74) is 0.303. The molecule has 0 bridgehead atoms. The van der Waals surface area contributed by atoms with E-state index in [4.69, 9.17) is 4.89 Å². The molecule has 4 rings (SSSR count). The third-order valence-corrected chi connectivity index (χ3v) is 4.32. The number of rotatable bonds is 4. The van der Waals surface area contributed by atoms with E-state index < -0.39 is 5.72 Å². The van der Waals surface area contributed by atoms with E-state index in [0.29, 0.717) is 22.7 Å². The molecular weight excluding hydrogens is 344 g/mol. The van der Waals surface area contributed by atoms with Crippen molar-refractivity contribution in [1.82, 2.24) is 0 Å². The van der Waals surface area contributed by atoms with Crippen LogP contribution in [0.5, 0.6) is 11.5 Å². The molecule has 3 N–H and O–H groups in total.